The fourth-order valence-electron chi connectivity index (χ4n) is 4.20. The lowest BCUT2D eigenvalue weighted by Gasteiger charge is -2.29. The van der Waals surface area contributed by atoms with Crippen LogP contribution in [0.15, 0.2) is 60.0 Å². The van der Waals surface area contributed by atoms with E-state index < -0.39 is 41.8 Å². The van der Waals surface area contributed by atoms with Crippen molar-refractivity contribution in [2.45, 2.75) is 24.9 Å². The zero-order valence-electron chi connectivity index (χ0n) is 21.6. The van der Waals surface area contributed by atoms with Gasteiger partial charge in [0.25, 0.3) is 5.91 Å². The monoisotopic (exact) mass is 552 g/mol. The number of rotatable bonds is 11. The van der Waals surface area contributed by atoms with Crippen LogP contribution in [0.2, 0.25) is 0 Å². The standard InChI is InChI=1S/C27H28N4O7S/c1-16(17-7-5-4-6-8-17)22(23(32)30-26-28-20(15-39-26)25(34)37-3)31-24(33)21(29-27(31)35)18-9-11-19(12-10-18)38-14-13-36-2/h4-12,15-16,21-22H,13-14H2,1-3H3,(H,29,35)(H,28,30,32)/t16-,21?,22-/m0/s1. The summed E-state index contributed by atoms with van der Waals surface area (Å²) >= 11 is 1.03. The SMILES string of the molecule is COCCOc1ccc(C2NC(=O)N([C@H](C(=O)Nc3nc(C(=O)OC)cs3)[C@@H](C)c3ccccc3)C2=O)cc1. The van der Waals surface area contributed by atoms with Gasteiger partial charge in [-0.25, -0.2) is 19.5 Å². The molecule has 1 fully saturated rings. The number of aromatic nitrogens is 1. The number of imide groups is 1. The summed E-state index contributed by atoms with van der Waals surface area (Å²) in [6, 6.07) is 13.0. The van der Waals surface area contributed by atoms with Gasteiger partial charge in [0.05, 0.1) is 13.7 Å². The van der Waals surface area contributed by atoms with Gasteiger partial charge in [0.2, 0.25) is 5.91 Å². The highest BCUT2D eigenvalue weighted by Gasteiger charge is 2.47. The number of thiazole rings is 1. The Balaban J connectivity index is 1.59. The van der Waals surface area contributed by atoms with Gasteiger partial charge in [0.15, 0.2) is 10.8 Å². The average molecular weight is 553 g/mol. The van der Waals surface area contributed by atoms with E-state index in [0.29, 0.717) is 24.5 Å². The van der Waals surface area contributed by atoms with Crippen LogP contribution in [0.4, 0.5) is 9.93 Å². The molecule has 0 aliphatic carbocycles. The van der Waals surface area contributed by atoms with Gasteiger partial charge in [-0.2, -0.15) is 0 Å². The summed E-state index contributed by atoms with van der Waals surface area (Å²) in [4.78, 5) is 57.2. The van der Waals surface area contributed by atoms with Crippen molar-refractivity contribution in [1.82, 2.24) is 15.2 Å². The Hall–Kier alpha value is -4.29. The van der Waals surface area contributed by atoms with Crippen molar-refractivity contribution in [2.75, 3.05) is 32.8 Å². The quantitative estimate of drug-likeness (QED) is 0.210. The van der Waals surface area contributed by atoms with Crippen molar-refractivity contribution < 1.29 is 33.4 Å². The van der Waals surface area contributed by atoms with Crippen molar-refractivity contribution in [3.05, 3.63) is 76.8 Å². The summed E-state index contributed by atoms with van der Waals surface area (Å²) in [5.41, 5.74) is 1.34. The maximum Gasteiger partial charge on any atom is 0.357 e. The molecular formula is C27H28N4O7S. The van der Waals surface area contributed by atoms with Crippen LogP contribution in [0.3, 0.4) is 0 Å². The number of hydrogen-bond acceptors (Lipinski definition) is 9. The first-order valence-corrected chi connectivity index (χ1v) is 13.0. The topological polar surface area (TPSA) is 136 Å². The van der Waals surface area contributed by atoms with Gasteiger partial charge in [-0.05, 0) is 23.3 Å². The van der Waals surface area contributed by atoms with E-state index in [0.717, 1.165) is 21.8 Å². The summed E-state index contributed by atoms with van der Waals surface area (Å²) in [7, 11) is 2.81. The number of carbonyl (C=O) groups excluding carboxylic acids is 4. The third-order valence-corrected chi connectivity index (χ3v) is 6.97. The molecule has 0 radical (unpaired) electrons. The number of carbonyl (C=O) groups is 4. The van der Waals surface area contributed by atoms with E-state index in [-0.39, 0.29) is 10.8 Å². The van der Waals surface area contributed by atoms with E-state index in [1.54, 1.807) is 38.3 Å². The molecule has 204 valence electrons. The minimum absolute atomic E-state index is 0.0372. The molecule has 1 aliphatic heterocycles. The van der Waals surface area contributed by atoms with Crippen LogP contribution in [0.5, 0.6) is 5.75 Å². The van der Waals surface area contributed by atoms with Gasteiger partial charge in [-0.3, -0.25) is 9.59 Å². The Bertz CT molecular complexity index is 1330. The van der Waals surface area contributed by atoms with Crippen LogP contribution < -0.4 is 15.4 Å². The molecule has 12 heteroatoms. The number of benzene rings is 2. The largest absolute Gasteiger partial charge is 0.491 e. The Kier molecular flexibility index (Phi) is 8.89. The average Bonchev–Trinajstić information content (AvgIpc) is 3.53. The number of esters is 1. The molecule has 0 spiro atoms. The lowest BCUT2D eigenvalue weighted by molar-refractivity contribution is -0.134. The number of methoxy groups -OCH3 is 2. The lowest BCUT2D eigenvalue weighted by atomic mass is 9.91. The van der Waals surface area contributed by atoms with Crippen LogP contribution in [0.1, 0.15) is 40.5 Å². The maximum atomic E-state index is 13.6. The lowest BCUT2D eigenvalue weighted by Crippen LogP contribution is -2.50. The third kappa shape index (κ3) is 6.24. The Morgan fingerprint density at radius 2 is 1.79 bits per heavy atom. The molecule has 1 unspecified atom stereocenters. The first kappa shape index (κ1) is 27.7. The van der Waals surface area contributed by atoms with Gasteiger partial charge < -0.3 is 24.8 Å². The van der Waals surface area contributed by atoms with Crippen LogP contribution >= 0.6 is 11.3 Å². The minimum Gasteiger partial charge on any atom is -0.491 e. The fraction of sp³-hybridized carbons (Fsp3) is 0.296. The molecule has 3 atom stereocenters. The highest BCUT2D eigenvalue weighted by molar-refractivity contribution is 7.14. The highest BCUT2D eigenvalue weighted by Crippen LogP contribution is 2.32. The number of nitrogens with one attached hydrogen (secondary N) is 2. The zero-order chi connectivity index (χ0) is 27.9. The molecule has 1 aromatic heterocycles. The van der Waals surface area contributed by atoms with Crippen LogP contribution in [-0.4, -0.2) is 67.2 Å². The molecule has 0 saturated carbocycles. The summed E-state index contributed by atoms with van der Waals surface area (Å²) in [5.74, 6) is -1.80. The van der Waals surface area contributed by atoms with Crippen molar-refractivity contribution in [1.29, 1.82) is 0 Å². The van der Waals surface area contributed by atoms with Crippen molar-refractivity contribution >= 4 is 40.3 Å². The minimum atomic E-state index is -1.20. The van der Waals surface area contributed by atoms with Gasteiger partial charge in [-0.15, -0.1) is 11.3 Å². The van der Waals surface area contributed by atoms with E-state index in [9.17, 15) is 19.2 Å². The first-order chi connectivity index (χ1) is 18.8. The van der Waals surface area contributed by atoms with E-state index in [4.69, 9.17) is 9.47 Å². The second-order valence-electron chi connectivity index (χ2n) is 8.66. The van der Waals surface area contributed by atoms with Gasteiger partial charge >= 0.3 is 12.0 Å². The molecule has 4 amide bonds. The van der Waals surface area contributed by atoms with Gasteiger partial charge in [0, 0.05) is 18.4 Å². The Morgan fingerprint density at radius 1 is 1.08 bits per heavy atom. The molecule has 1 aliphatic rings. The molecule has 1 saturated heterocycles. The number of anilines is 1. The third-order valence-electron chi connectivity index (χ3n) is 6.22. The maximum absolute atomic E-state index is 13.6. The van der Waals surface area contributed by atoms with Crippen LogP contribution in [0, 0.1) is 0 Å². The molecule has 4 rings (SSSR count). The molecule has 39 heavy (non-hydrogen) atoms. The van der Waals surface area contributed by atoms with Crippen molar-refractivity contribution in [3.8, 4) is 5.75 Å². The summed E-state index contributed by atoms with van der Waals surface area (Å²) in [6.45, 7) is 2.57. The summed E-state index contributed by atoms with van der Waals surface area (Å²) < 4.78 is 15.2. The Labute approximate surface area is 229 Å². The molecule has 2 heterocycles. The molecule has 2 N–H and O–H groups in total. The van der Waals surface area contributed by atoms with E-state index in [2.05, 4.69) is 20.4 Å². The first-order valence-electron chi connectivity index (χ1n) is 12.1. The number of hydrogen-bond donors (Lipinski definition) is 2. The van der Waals surface area contributed by atoms with Crippen molar-refractivity contribution in [3.63, 3.8) is 0 Å². The number of ether oxygens (including phenoxy) is 3. The second kappa shape index (κ2) is 12.5. The zero-order valence-corrected chi connectivity index (χ0v) is 22.4. The Morgan fingerprint density at radius 3 is 2.46 bits per heavy atom. The number of nitrogens with zero attached hydrogens (tertiary/aromatic N) is 2. The van der Waals surface area contributed by atoms with Crippen LogP contribution in [-0.2, 0) is 19.1 Å². The second-order valence-corrected chi connectivity index (χ2v) is 9.52. The highest BCUT2D eigenvalue weighted by atomic mass is 32.1. The van der Waals surface area contributed by atoms with Gasteiger partial charge in [0.1, 0.15) is 24.4 Å². The van der Waals surface area contributed by atoms with E-state index in [1.807, 2.05) is 30.3 Å². The normalized spacial score (nSPS) is 16.4. The van der Waals surface area contributed by atoms with E-state index >= 15 is 0 Å². The molecule has 0 bridgehead atoms. The molecule has 3 aromatic rings. The van der Waals surface area contributed by atoms with E-state index in [1.165, 1.54) is 12.5 Å². The predicted octanol–water partition coefficient (Wildman–Crippen LogP) is 3.36. The predicted molar refractivity (Wildman–Crippen MR) is 143 cm³/mol. The molecular weight excluding hydrogens is 524 g/mol. The van der Waals surface area contributed by atoms with Crippen LogP contribution in [0.25, 0.3) is 0 Å². The summed E-state index contributed by atoms with van der Waals surface area (Å²) in [5, 5.41) is 6.94. The smallest absolute Gasteiger partial charge is 0.357 e. The van der Waals surface area contributed by atoms with Crippen molar-refractivity contribution in [2.24, 2.45) is 0 Å². The summed E-state index contributed by atoms with van der Waals surface area (Å²) in [6.07, 6.45) is 0. The van der Waals surface area contributed by atoms with Gasteiger partial charge in [-0.1, -0.05) is 49.4 Å². The number of amides is 4. The fourth-order valence-corrected chi connectivity index (χ4v) is 4.88. The number of urea groups is 1. The molecule has 2 aromatic carbocycles. The molecule has 11 nitrogen and oxygen atoms in total.